The van der Waals surface area contributed by atoms with E-state index >= 15 is 0 Å². The van der Waals surface area contributed by atoms with Crippen LogP contribution in [0.5, 0.6) is 5.75 Å². The number of nitrogens with zero attached hydrogens (tertiary/aromatic N) is 5. The third-order valence-electron chi connectivity index (χ3n) is 5.71. The van der Waals surface area contributed by atoms with E-state index in [0.717, 1.165) is 36.2 Å². The van der Waals surface area contributed by atoms with Crippen LogP contribution in [0.25, 0.3) is 5.69 Å². The second-order valence-corrected chi connectivity index (χ2v) is 10.8. The molecule has 2 aromatic heterocycles. The average molecular weight is 530 g/mol. The van der Waals surface area contributed by atoms with Crippen molar-refractivity contribution in [3.63, 3.8) is 0 Å². The van der Waals surface area contributed by atoms with Crippen LogP contribution in [-0.4, -0.2) is 57.6 Å². The first kappa shape index (κ1) is 25.6. The Labute approximate surface area is 215 Å². The molecule has 1 atom stereocenters. The number of anilines is 2. The van der Waals surface area contributed by atoms with Gasteiger partial charge >= 0.3 is 0 Å². The van der Waals surface area contributed by atoms with Crippen LogP contribution in [0, 0.1) is 6.92 Å². The number of ether oxygens (including phenoxy) is 1. The van der Waals surface area contributed by atoms with Gasteiger partial charge in [-0.15, -0.1) is 16.7 Å². The molecule has 2 N–H and O–H groups in total. The normalized spacial score (nSPS) is 12.4. The molecule has 36 heavy (non-hydrogen) atoms. The molecule has 4 rings (SSSR count). The molecule has 2 heterocycles. The summed E-state index contributed by atoms with van der Waals surface area (Å²) in [7, 11) is -1.67. The quantitative estimate of drug-likeness (QED) is 0.216. The Bertz CT molecular complexity index is 1420. The van der Waals surface area contributed by atoms with Crippen LogP contribution < -0.4 is 10.1 Å². The first-order chi connectivity index (χ1) is 17.3. The van der Waals surface area contributed by atoms with E-state index in [1.165, 1.54) is 6.26 Å². The monoisotopic (exact) mass is 529 g/mol. The summed E-state index contributed by atoms with van der Waals surface area (Å²) in [6.45, 7) is 1.82. The largest absolute Gasteiger partial charge is 0.494 e. The lowest BCUT2D eigenvalue weighted by atomic mass is 9.93. The number of unbranched alkanes of at least 4 members (excludes halogenated alkanes) is 1. The highest BCUT2D eigenvalue weighted by molar-refractivity contribution is 7.90. The highest BCUT2D eigenvalue weighted by Gasteiger charge is 2.20. The second kappa shape index (κ2) is 11.1. The minimum absolute atomic E-state index is 0.0858. The van der Waals surface area contributed by atoms with Crippen molar-refractivity contribution in [2.75, 3.05) is 24.6 Å². The van der Waals surface area contributed by atoms with Gasteiger partial charge in [0, 0.05) is 29.8 Å². The number of methoxy groups -OCH3 is 1. The summed E-state index contributed by atoms with van der Waals surface area (Å²) in [6.07, 6.45) is 5.39. The lowest BCUT2D eigenvalue weighted by Gasteiger charge is -2.15. The fraction of sp³-hybridized carbons (Fsp3) is 0.333. The molecule has 12 heteroatoms. The van der Waals surface area contributed by atoms with Gasteiger partial charge in [-0.25, -0.2) is 18.1 Å². The number of alkyl halides is 1. The van der Waals surface area contributed by atoms with Crippen LogP contribution in [0.4, 0.5) is 11.6 Å². The third kappa shape index (κ3) is 6.03. The maximum absolute atomic E-state index is 11.9. The van der Waals surface area contributed by atoms with E-state index in [2.05, 4.69) is 30.6 Å². The zero-order chi connectivity index (χ0) is 25.7. The van der Waals surface area contributed by atoms with Crippen molar-refractivity contribution in [3.8, 4) is 11.4 Å². The zero-order valence-corrected chi connectivity index (χ0v) is 21.8. The fourth-order valence-electron chi connectivity index (χ4n) is 3.87. The van der Waals surface area contributed by atoms with E-state index in [1.807, 2.05) is 37.3 Å². The van der Waals surface area contributed by atoms with Gasteiger partial charge in [-0.05, 0) is 49.6 Å². The molecule has 0 saturated heterocycles. The van der Waals surface area contributed by atoms with Crippen molar-refractivity contribution in [1.29, 1.82) is 0 Å². The minimum Gasteiger partial charge on any atom is -0.494 e. The summed E-state index contributed by atoms with van der Waals surface area (Å²) in [4.78, 5) is 9.12. The molecule has 2 aromatic carbocycles. The van der Waals surface area contributed by atoms with Crippen LogP contribution in [0.15, 0.2) is 53.7 Å². The molecule has 0 radical (unpaired) electrons. The van der Waals surface area contributed by atoms with Gasteiger partial charge < -0.3 is 10.1 Å². The summed E-state index contributed by atoms with van der Waals surface area (Å²) >= 11 is 5.89. The number of aryl methyl sites for hydroxylation is 1. The molecule has 0 bridgehead atoms. The van der Waals surface area contributed by atoms with Gasteiger partial charge in [-0.3, -0.25) is 5.10 Å². The van der Waals surface area contributed by atoms with Crippen molar-refractivity contribution < 1.29 is 13.2 Å². The van der Waals surface area contributed by atoms with Crippen LogP contribution in [0.1, 0.15) is 42.4 Å². The summed E-state index contributed by atoms with van der Waals surface area (Å²) in [5.41, 5.74) is 2.46. The van der Waals surface area contributed by atoms with Crippen molar-refractivity contribution in [3.05, 3.63) is 66.0 Å². The molecular weight excluding hydrogens is 502 g/mol. The third-order valence-corrected chi connectivity index (χ3v) is 7.10. The fourth-order valence-corrected chi connectivity index (χ4v) is 4.69. The average Bonchev–Trinajstić information content (AvgIpc) is 3.50. The predicted octanol–water partition coefficient (Wildman–Crippen LogP) is 4.39. The Hall–Kier alpha value is -3.44. The molecule has 0 aliphatic heterocycles. The maximum atomic E-state index is 11.9. The number of H-pyrrole nitrogens is 1. The molecule has 10 nitrogen and oxygen atoms in total. The first-order valence-electron chi connectivity index (χ1n) is 11.4. The number of benzene rings is 2. The van der Waals surface area contributed by atoms with Crippen molar-refractivity contribution >= 4 is 33.1 Å². The summed E-state index contributed by atoms with van der Waals surface area (Å²) < 4.78 is 30.9. The highest BCUT2D eigenvalue weighted by Crippen LogP contribution is 2.31. The predicted molar refractivity (Wildman–Crippen MR) is 138 cm³/mol. The van der Waals surface area contributed by atoms with Crippen LogP contribution >= 0.6 is 11.6 Å². The summed E-state index contributed by atoms with van der Waals surface area (Å²) in [6, 6.07) is 12.5. The van der Waals surface area contributed by atoms with Gasteiger partial charge in [0.25, 0.3) is 0 Å². The van der Waals surface area contributed by atoms with Gasteiger partial charge in [0.15, 0.2) is 9.84 Å². The van der Waals surface area contributed by atoms with Crippen LogP contribution in [0.3, 0.4) is 0 Å². The number of sulfone groups is 1. The smallest absolute Gasteiger partial charge is 0.246 e. The molecule has 0 spiro atoms. The number of halogens is 1. The number of aromatic amines is 1. The second-order valence-electron chi connectivity index (χ2n) is 8.37. The van der Waals surface area contributed by atoms with Gasteiger partial charge in [-0.1, -0.05) is 18.6 Å². The lowest BCUT2D eigenvalue weighted by molar-refractivity contribution is 0.412. The van der Waals surface area contributed by atoms with E-state index in [0.29, 0.717) is 29.2 Å². The van der Waals surface area contributed by atoms with E-state index in [4.69, 9.17) is 16.3 Å². The van der Waals surface area contributed by atoms with Crippen molar-refractivity contribution in [1.82, 2.24) is 29.9 Å². The zero-order valence-electron chi connectivity index (χ0n) is 20.3. The lowest BCUT2D eigenvalue weighted by Crippen LogP contribution is -2.05. The Balaban J connectivity index is 1.56. The van der Waals surface area contributed by atoms with E-state index in [1.54, 1.807) is 30.3 Å². The van der Waals surface area contributed by atoms with Crippen molar-refractivity contribution in [2.24, 2.45) is 0 Å². The molecule has 4 aromatic rings. The Morgan fingerprint density at radius 2 is 1.94 bits per heavy atom. The topological polar surface area (TPSA) is 128 Å². The molecular formula is C24H28ClN7O3S. The number of nitrogens with one attached hydrogen (secondary N) is 2. The van der Waals surface area contributed by atoms with Gasteiger partial charge in [-0.2, -0.15) is 10.1 Å². The number of hydrogen-bond donors (Lipinski definition) is 2. The number of rotatable bonds is 11. The van der Waals surface area contributed by atoms with E-state index in [-0.39, 0.29) is 10.8 Å². The molecule has 0 saturated carbocycles. The Kier molecular flexibility index (Phi) is 7.90. The molecule has 1 unspecified atom stereocenters. The SMILES string of the molecule is COc1cc(Nc2n[nH]c(C(CCCCCl)c3ccc(S(C)(=O)=O)cc3)n2)ccc1-n1cnc(C)n1. The number of hydrogen-bond acceptors (Lipinski definition) is 8. The molecule has 0 amide bonds. The molecule has 0 aliphatic rings. The van der Waals surface area contributed by atoms with Gasteiger partial charge in [0.2, 0.25) is 5.95 Å². The summed E-state index contributed by atoms with van der Waals surface area (Å²) in [5, 5.41) is 14.9. The number of aromatic nitrogens is 6. The summed E-state index contributed by atoms with van der Waals surface area (Å²) in [5.74, 6) is 2.86. The van der Waals surface area contributed by atoms with Crippen LogP contribution in [0.2, 0.25) is 0 Å². The Morgan fingerprint density at radius 3 is 2.58 bits per heavy atom. The van der Waals surface area contributed by atoms with E-state index < -0.39 is 9.84 Å². The highest BCUT2D eigenvalue weighted by atomic mass is 35.5. The van der Waals surface area contributed by atoms with Crippen molar-refractivity contribution in [2.45, 2.75) is 37.0 Å². The Morgan fingerprint density at radius 1 is 1.17 bits per heavy atom. The standard InChI is InChI=1S/C24H28ClN7O3S/c1-16-26-15-32(31-16)21-12-9-18(14-22(21)35-2)27-24-28-23(29-30-24)20(6-4-5-13-25)17-7-10-19(11-8-17)36(3,33)34/h7-12,14-15,20H,4-6,13H2,1-3H3,(H2,27,28,29,30). The molecule has 0 fully saturated rings. The van der Waals surface area contributed by atoms with Gasteiger partial charge in [0.1, 0.15) is 29.4 Å². The van der Waals surface area contributed by atoms with Gasteiger partial charge in [0.05, 0.1) is 12.0 Å². The minimum atomic E-state index is -3.27. The molecule has 0 aliphatic carbocycles. The van der Waals surface area contributed by atoms with Crippen LogP contribution in [-0.2, 0) is 9.84 Å². The maximum Gasteiger partial charge on any atom is 0.246 e. The molecule has 190 valence electrons. The van der Waals surface area contributed by atoms with E-state index in [9.17, 15) is 8.42 Å². The first-order valence-corrected chi connectivity index (χ1v) is 13.8.